The average molecular weight is 477 g/mol. The Bertz CT molecular complexity index is 1250. The summed E-state index contributed by atoms with van der Waals surface area (Å²) >= 11 is 0. The van der Waals surface area contributed by atoms with E-state index in [-0.39, 0.29) is 16.7 Å². The van der Waals surface area contributed by atoms with Crippen LogP contribution >= 0.6 is 0 Å². The third kappa shape index (κ3) is 5.53. The minimum absolute atomic E-state index is 0.0101. The molecule has 0 unspecified atom stereocenters. The number of hydrogen-bond donors (Lipinski definition) is 1. The van der Waals surface area contributed by atoms with E-state index < -0.39 is 18.2 Å². The second-order valence-electron chi connectivity index (χ2n) is 6.98. The number of aldehydes is 1. The van der Waals surface area contributed by atoms with Crippen LogP contribution in [0, 0.1) is 11.6 Å². The SMILES string of the molecule is CC.CCn1c(-c2cn(C(F)F)cc2-c2ccc(F)cc2F)nc2cc(C=O)ccc21.CNC. The van der Waals surface area contributed by atoms with Crippen molar-refractivity contribution < 1.29 is 22.4 Å². The highest BCUT2D eigenvalue weighted by Gasteiger charge is 2.22. The molecular weight excluding hydrogens is 448 g/mol. The topological polar surface area (TPSA) is 51.9 Å². The molecule has 182 valence electrons. The molecule has 2 aromatic carbocycles. The number of benzene rings is 2. The number of imidazole rings is 1. The number of carbonyl (C=O) groups excluding carboxylic acids is 1. The molecule has 0 aliphatic heterocycles. The summed E-state index contributed by atoms with van der Waals surface area (Å²) in [7, 11) is 3.75. The molecule has 0 saturated heterocycles. The van der Waals surface area contributed by atoms with Gasteiger partial charge in [0.05, 0.1) is 11.0 Å². The molecule has 0 saturated carbocycles. The summed E-state index contributed by atoms with van der Waals surface area (Å²) in [4.78, 5) is 15.6. The van der Waals surface area contributed by atoms with E-state index in [2.05, 4.69) is 10.3 Å². The second kappa shape index (κ2) is 12.1. The molecule has 9 heteroatoms. The van der Waals surface area contributed by atoms with E-state index in [0.29, 0.717) is 45.9 Å². The highest BCUT2D eigenvalue weighted by molar-refractivity contribution is 5.90. The van der Waals surface area contributed by atoms with Gasteiger partial charge in [0.15, 0.2) is 0 Å². The zero-order valence-electron chi connectivity index (χ0n) is 19.7. The third-order valence-electron chi connectivity index (χ3n) is 4.76. The number of rotatable bonds is 5. The number of halogens is 4. The second-order valence-corrected chi connectivity index (χ2v) is 6.98. The summed E-state index contributed by atoms with van der Waals surface area (Å²) in [5, 5.41) is 2.75. The molecule has 0 radical (unpaired) electrons. The normalized spacial score (nSPS) is 10.5. The Balaban J connectivity index is 0.000000758. The summed E-state index contributed by atoms with van der Waals surface area (Å²) in [5.74, 6) is -1.27. The summed E-state index contributed by atoms with van der Waals surface area (Å²) in [5.41, 5.74) is 2.10. The van der Waals surface area contributed by atoms with Gasteiger partial charge in [-0.15, -0.1) is 0 Å². The van der Waals surface area contributed by atoms with Gasteiger partial charge in [-0.05, 0) is 51.4 Å². The molecule has 0 aliphatic carbocycles. The number of aromatic nitrogens is 3. The van der Waals surface area contributed by atoms with Crippen LogP contribution in [0.15, 0.2) is 48.8 Å². The van der Waals surface area contributed by atoms with Crippen molar-refractivity contribution in [2.75, 3.05) is 14.1 Å². The van der Waals surface area contributed by atoms with Crippen molar-refractivity contribution in [3.63, 3.8) is 0 Å². The first-order valence-corrected chi connectivity index (χ1v) is 10.8. The van der Waals surface area contributed by atoms with Gasteiger partial charge in [0.2, 0.25) is 0 Å². The lowest BCUT2D eigenvalue weighted by Gasteiger charge is -2.08. The van der Waals surface area contributed by atoms with Gasteiger partial charge in [-0.25, -0.2) is 13.8 Å². The Morgan fingerprint density at radius 1 is 1.00 bits per heavy atom. The minimum atomic E-state index is -2.84. The minimum Gasteiger partial charge on any atom is -0.324 e. The van der Waals surface area contributed by atoms with Crippen LogP contribution in [0.25, 0.3) is 33.5 Å². The lowest BCUT2D eigenvalue weighted by Crippen LogP contribution is -1.98. The number of nitrogens with zero attached hydrogens (tertiary/aromatic N) is 3. The van der Waals surface area contributed by atoms with E-state index in [4.69, 9.17) is 0 Å². The summed E-state index contributed by atoms with van der Waals surface area (Å²) in [6.45, 7) is 3.49. The van der Waals surface area contributed by atoms with Crippen molar-refractivity contribution >= 4 is 17.3 Å². The van der Waals surface area contributed by atoms with Gasteiger partial charge in [-0.2, -0.15) is 8.78 Å². The van der Waals surface area contributed by atoms with Crippen LogP contribution in [-0.2, 0) is 6.54 Å². The van der Waals surface area contributed by atoms with Gasteiger partial charge in [-0.1, -0.05) is 13.8 Å². The number of alkyl halides is 2. The molecule has 0 spiro atoms. The molecule has 2 heterocycles. The Morgan fingerprint density at radius 2 is 1.65 bits per heavy atom. The lowest BCUT2D eigenvalue weighted by molar-refractivity contribution is 0.0708. The van der Waals surface area contributed by atoms with Crippen molar-refractivity contribution in [2.24, 2.45) is 0 Å². The molecule has 1 N–H and O–H groups in total. The zero-order chi connectivity index (χ0) is 25.4. The maximum Gasteiger partial charge on any atom is 0.318 e. The molecule has 0 aliphatic rings. The summed E-state index contributed by atoms with van der Waals surface area (Å²) in [6.07, 6.45) is 3.00. The van der Waals surface area contributed by atoms with Gasteiger partial charge >= 0.3 is 6.55 Å². The first kappa shape index (κ1) is 26.8. The Hall–Kier alpha value is -3.46. The molecule has 5 nitrogen and oxygen atoms in total. The number of hydrogen-bond acceptors (Lipinski definition) is 3. The van der Waals surface area contributed by atoms with Crippen LogP contribution in [0.5, 0.6) is 0 Å². The quantitative estimate of drug-likeness (QED) is 0.263. The standard InChI is InChI=1S/C21H15F4N3O.C2H7N.C2H6/c1-2-28-19-6-3-12(11-29)7-18(19)26-20(28)16-10-27(21(24)25)9-15(16)14-5-4-13(22)8-17(14)23;1-3-2;1-2/h3-11,21H,2H2,1H3;3H,1-2H3;1-2H3. The molecule has 0 bridgehead atoms. The van der Waals surface area contributed by atoms with Crippen molar-refractivity contribution in [3.8, 4) is 22.5 Å². The Labute approximate surface area is 196 Å². The van der Waals surface area contributed by atoms with Crippen LogP contribution < -0.4 is 5.32 Å². The summed E-state index contributed by atoms with van der Waals surface area (Å²) in [6, 6.07) is 7.95. The fourth-order valence-corrected chi connectivity index (χ4v) is 3.43. The van der Waals surface area contributed by atoms with Crippen LogP contribution in [0.2, 0.25) is 0 Å². The summed E-state index contributed by atoms with van der Waals surface area (Å²) < 4.78 is 57.0. The molecule has 4 aromatic rings. The monoisotopic (exact) mass is 476 g/mol. The molecule has 0 fully saturated rings. The maximum absolute atomic E-state index is 14.4. The molecule has 4 rings (SSSR count). The molecular formula is C25H28F4N4O. The fourth-order valence-electron chi connectivity index (χ4n) is 3.43. The van der Waals surface area contributed by atoms with Crippen molar-refractivity contribution in [1.29, 1.82) is 0 Å². The molecule has 0 atom stereocenters. The van der Waals surface area contributed by atoms with E-state index in [1.54, 1.807) is 22.8 Å². The smallest absolute Gasteiger partial charge is 0.318 e. The highest BCUT2D eigenvalue weighted by Crippen LogP contribution is 2.37. The largest absolute Gasteiger partial charge is 0.324 e. The van der Waals surface area contributed by atoms with Crippen molar-refractivity contribution in [1.82, 2.24) is 19.4 Å². The van der Waals surface area contributed by atoms with Crippen LogP contribution in [-0.4, -0.2) is 34.5 Å². The first-order valence-electron chi connectivity index (χ1n) is 10.8. The Morgan fingerprint density at radius 3 is 2.21 bits per heavy atom. The van der Waals surface area contributed by atoms with Crippen LogP contribution in [0.3, 0.4) is 0 Å². The number of carbonyl (C=O) groups is 1. The van der Waals surface area contributed by atoms with E-state index in [9.17, 15) is 22.4 Å². The van der Waals surface area contributed by atoms with Gasteiger partial charge in [-0.3, -0.25) is 9.36 Å². The van der Waals surface area contributed by atoms with Crippen LogP contribution in [0.4, 0.5) is 17.6 Å². The molecule has 2 aromatic heterocycles. The molecule has 0 amide bonds. The van der Waals surface area contributed by atoms with Gasteiger partial charge in [0.25, 0.3) is 0 Å². The lowest BCUT2D eigenvalue weighted by atomic mass is 10.0. The molecule has 34 heavy (non-hydrogen) atoms. The number of aryl methyl sites for hydroxylation is 1. The van der Waals surface area contributed by atoms with Crippen molar-refractivity contribution in [2.45, 2.75) is 33.9 Å². The maximum atomic E-state index is 14.4. The van der Waals surface area contributed by atoms with E-state index in [1.165, 1.54) is 12.3 Å². The third-order valence-corrected chi connectivity index (χ3v) is 4.76. The predicted molar refractivity (Wildman–Crippen MR) is 127 cm³/mol. The highest BCUT2D eigenvalue weighted by atomic mass is 19.3. The van der Waals surface area contributed by atoms with Gasteiger partial charge in [0, 0.05) is 47.3 Å². The number of fused-ring (bicyclic) bond motifs is 1. The van der Waals surface area contributed by atoms with Crippen molar-refractivity contribution in [3.05, 3.63) is 66.0 Å². The zero-order valence-corrected chi connectivity index (χ0v) is 19.7. The fraction of sp³-hybridized carbons (Fsp3) is 0.280. The average Bonchev–Trinajstić information content (AvgIpc) is 3.42. The van der Waals surface area contributed by atoms with Crippen LogP contribution in [0.1, 0.15) is 37.7 Å². The first-order chi connectivity index (χ1) is 16.3. The van der Waals surface area contributed by atoms with E-state index in [0.717, 1.165) is 12.3 Å². The van der Waals surface area contributed by atoms with Gasteiger partial charge in [0.1, 0.15) is 23.7 Å². The predicted octanol–water partition coefficient (Wildman–Crippen LogP) is 6.54. The van der Waals surface area contributed by atoms with Gasteiger partial charge < -0.3 is 9.88 Å². The van der Waals surface area contributed by atoms with E-state index in [1.807, 2.05) is 34.9 Å². The number of nitrogens with one attached hydrogen (secondary N) is 1. The Kier molecular flexibility index (Phi) is 9.56. The van der Waals surface area contributed by atoms with E-state index >= 15 is 0 Å².